The van der Waals surface area contributed by atoms with Gasteiger partial charge in [0, 0.05) is 57.4 Å². The molecule has 0 N–H and O–H groups in total. The molecule has 3 aromatic heterocycles. The van der Waals surface area contributed by atoms with Gasteiger partial charge in [-0.3, -0.25) is 9.88 Å². The Morgan fingerprint density at radius 3 is 2.46 bits per heavy atom. The molecule has 0 spiro atoms. The Kier molecular flexibility index (Phi) is 4.77. The van der Waals surface area contributed by atoms with Gasteiger partial charge in [-0.05, 0) is 36.5 Å². The van der Waals surface area contributed by atoms with Crippen molar-refractivity contribution >= 4 is 18.0 Å². The maximum atomic E-state index is 5.58. The van der Waals surface area contributed by atoms with E-state index in [9.17, 15) is 0 Å². The zero-order valence-electron chi connectivity index (χ0n) is 14.7. The Labute approximate surface area is 157 Å². The van der Waals surface area contributed by atoms with Crippen LogP contribution in [0.1, 0.15) is 0 Å². The van der Waals surface area contributed by atoms with Gasteiger partial charge in [0.2, 0.25) is 0 Å². The van der Waals surface area contributed by atoms with Gasteiger partial charge in [0.05, 0.1) is 6.67 Å². The van der Waals surface area contributed by atoms with Crippen LogP contribution in [0, 0.1) is 4.77 Å². The lowest BCUT2D eigenvalue weighted by Crippen LogP contribution is -2.47. The molecule has 3 aromatic rings. The molecular weight excluding hydrogens is 346 g/mol. The second kappa shape index (κ2) is 7.35. The normalized spacial score (nSPS) is 15.3. The number of nitrogens with zero attached hydrogens (tertiary/aromatic N) is 7. The molecule has 1 aliphatic heterocycles. The molecule has 0 unspecified atom stereocenters. The SMILES string of the molecule is Cn1c(-c2ccncc2)nn(CN2CCN(c3ccccn3)CC2)c1=S. The zero-order valence-corrected chi connectivity index (χ0v) is 15.5. The molecule has 0 aliphatic carbocycles. The van der Waals surface area contributed by atoms with Crippen molar-refractivity contribution in [2.24, 2.45) is 7.05 Å². The quantitative estimate of drug-likeness (QED) is 0.659. The van der Waals surface area contributed by atoms with Gasteiger partial charge in [-0.2, -0.15) is 5.10 Å². The van der Waals surface area contributed by atoms with E-state index >= 15 is 0 Å². The van der Waals surface area contributed by atoms with Crippen molar-refractivity contribution in [2.75, 3.05) is 31.1 Å². The number of aromatic nitrogens is 5. The lowest BCUT2D eigenvalue weighted by Gasteiger charge is -2.35. The zero-order chi connectivity index (χ0) is 17.9. The highest BCUT2D eigenvalue weighted by molar-refractivity contribution is 7.71. The molecule has 134 valence electrons. The fourth-order valence-electron chi connectivity index (χ4n) is 3.18. The van der Waals surface area contributed by atoms with Crippen molar-refractivity contribution in [3.05, 3.63) is 53.7 Å². The van der Waals surface area contributed by atoms with Crippen LogP contribution in [0.25, 0.3) is 11.4 Å². The van der Waals surface area contributed by atoms with Crippen LogP contribution in [-0.4, -0.2) is 55.4 Å². The van der Waals surface area contributed by atoms with Crippen LogP contribution in [-0.2, 0) is 13.7 Å². The summed E-state index contributed by atoms with van der Waals surface area (Å²) in [4.78, 5) is 13.2. The standard InChI is InChI=1S/C18H21N7S/c1-22-17(15-5-8-19-9-6-15)21-25(18(22)26)14-23-10-12-24(13-11-23)16-4-2-3-7-20-16/h2-9H,10-14H2,1H3. The summed E-state index contributed by atoms with van der Waals surface area (Å²) in [6.07, 6.45) is 5.39. The van der Waals surface area contributed by atoms with Gasteiger partial charge in [-0.15, -0.1) is 0 Å². The molecule has 0 aromatic carbocycles. The van der Waals surface area contributed by atoms with Crippen LogP contribution in [0.15, 0.2) is 48.9 Å². The van der Waals surface area contributed by atoms with Crippen molar-refractivity contribution < 1.29 is 0 Å². The Morgan fingerprint density at radius 2 is 1.77 bits per heavy atom. The van der Waals surface area contributed by atoms with Crippen LogP contribution in [0.4, 0.5) is 5.82 Å². The number of rotatable bonds is 4. The van der Waals surface area contributed by atoms with E-state index in [0.717, 1.165) is 48.2 Å². The monoisotopic (exact) mass is 367 g/mol. The number of piperazine rings is 1. The summed E-state index contributed by atoms with van der Waals surface area (Å²) in [5.41, 5.74) is 1.02. The largest absolute Gasteiger partial charge is 0.354 e. The molecule has 0 radical (unpaired) electrons. The maximum absolute atomic E-state index is 5.58. The number of pyridine rings is 2. The van der Waals surface area contributed by atoms with E-state index in [1.54, 1.807) is 12.4 Å². The fourth-order valence-corrected chi connectivity index (χ4v) is 3.37. The minimum Gasteiger partial charge on any atom is -0.354 e. The van der Waals surface area contributed by atoms with Gasteiger partial charge in [-0.1, -0.05) is 6.07 Å². The van der Waals surface area contributed by atoms with Crippen LogP contribution < -0.4 is 4.90 Å². The highest BCUT2D eigenvalue weighted by atomic mass is 32.1. The lowest BCUT2D eigenvalue weighted by molar-refractivity contribution is 0.194. The van der Waals surface area contributed by atoms with Crippen LogP contribution >= 0.6 is 12.2 Å². The summed E-state index contributed by atoms with van der Waals surface area (Å²) >= 11 is 5.58. The van der Waals surface area contributed by atoms with Gasteiger partial charge in [0.25, 0.3) is 0 Å². The summed E-state index contributed by atoms with van der Waals surface area (Å²) in [7, 11) is 1.96. The highest BCUT2D eigenvalue weighted by Gasteiger charge is 2.19. The molecule has 7 nitrogen and oxygen atoms in total. The average Bonchev–Trinajstić information content (AvgIpc) is 2.98. The molecule has 1 aliphatic rings. The summed E-state index contributed by atoms with van der Waals surface area (Å²) in [6, 6.07) is 9.94. The van der Waals surface area contributed by atoms with E-state index in [1.807, 2.05) is 46.8 Å². The first kappa shape index (κ1) is 16.9. The predicted octanol–water partition coefficient (Wildman–Crippen LogP) is 2.19. The van der Waals surface area contributed by atoms with Crippen LogP contribution in [0.2, 0.25) is 0 Å². The predicted molar refractivity (Wildman–Crippen MR) is 103 cm³/mol. The minimum absolute atomic E-state index is 0.702. The second-order valence-electron chi connectivity index (χ2n) is 6.34. The van der Waals surface area contributed by atoms with E-state index in [-0.39, 0.29) is 0 Å². The van der Waals surface area contributed by atoms with Gasteiger partial charge < -0.3 is 9.47 Å². The topological polar surface area (TPSA) is 55.0 Å². The van der Waals surface area contributed by atoms with Gasteiger partial charge in [0.1, 0.15) is 5.82 Å². The van der Waals surface area contributed by atoms with Crippen molar-refractivity contribution in [2.45, 2.75) is 6.67 Å². The first-order valence-electron chi connectivity index (χ1n) is 8.65. The molecule has 1 fully saturated rings. The van der Waals surface area contributed by atoms with E-state index in [2.05, 4.69) is 25.8 Å². The summed E-state index contributed by atoms with van der Waals surface area (Å²) in [5, 5.41) is 4.73. The third-order valence-electron chi connectivity index (χ3n) is 4.66. The Hall–Kier alpha value is -2.58. The van der Waals surface area contributed by atoms with Crippen molar-refractivity contribution in [1.82, 2.24) is 29.2 Å². The number of anilines is 1. The third kappa shape index (κ3) is 3.38. The minimum atomic E-state index is 0.702. The molecule has 4 rings (SSSR count). The first-order valence-corrected chi connectivity index (χ1v) is 9.06. The van der Waals surface area contributed by atoms with E-state index in [0.29, 0.717) is 6.67 Å². The molecule has 8 heteroatoms. The van der Waals surface area contributed by atoms with Gasteiger partial charge >= 0.3 is 0 Å². The molecule has 0 atom stereocenters. The fraction of sp³-hybridized carbons (Fsp3) is 0.333. The second-order valence-corrected chi connectivity index (χ2v) is 6.70. The molecule has 1 saturated heterocycles. The van der Waals surface area contributed by atoms with Crippen molar-refractivity contribution in [1.29, 1.82) is 0 Å². The van der Waals surface area contributed by atoms with Gasteiger partial charge in [-0.25, -0.2) is 9.67 Å². The summed E-state index contributed by atoms with van der Waals surface area (Å²) in [6.45, 7) is 4.52. The van der Waals surface area contributed by atoms with Crippen LogP contribution in [0.5, 0.6) is 0 Å². The van der Waals surface area contributed by atoms with Crippen molar-refractivity contribution in [3.8, 4) is 11.4 Å². The number of hydrogen-bond acceptors (Lipinski definition) is 6. The van der Waals surface area contributed by atoms with E-state index in [1.165, 1.54) is 0 Å². The molecule has 26 heavy (non-hydrogen) atoms. The number of hydrogen-bond donors (Lipinski definition) is 0. The molecule has 0 saturated carbocycles. The van der Waals surface area contributed by atoms with Crippen molar-refractivity contribution in [3.63, 3.8) is 0 Å². The summed E-state index contributed by atoms with van der Waals surface area (Å²) < 4.78 is 4.58. The Balaban J connectivity index is 1.45. The van der Waals surface area contributed by atoms with Gasteiger partial charge in [0.15, 0.2) is 10.6 Å². The third-order valence-corrected chi connectivity index (χ3v) is 5.14. The molecule has 0 amide bonds. The summed E-state index contributed by atoms with van der Waals surface area (Å²) in [5.74, 6) is 1.91. The Morgan fingerprint density at radius 1 is 1.00 bits per heavy atom. The smallest absolute Gasteiger partial charge is 0.199 e. The maximum Gasteiger partial charge on any atom is 0.199 e. The van der Waals surface area contributed by atoms with Crippen LogP contribution in [0.3, 0.4) is 0 Å². The molecule has 4 heterocycles. The highest BCUT2D eigenvalue weighted by Crippen LogP contribution is 2.17. The van der Waals surface area contributed by atoms with E-state index < -0.39 is 0 Å². The molecule has 0 bridgehead atoms. The Bertz CT molecular complexity index is 912. The first-order chi connectivity index (χ1) is 12.7. The molecular formula is C18H21N7S. The van der Waals surface area contributed by atoms with E-state index in [4.69, 9.17) is 17.3 Å². The lowest BCUT2D eigenvalue weighted by atomic mass is 10.2. The average molecular weight is 367 g/mol.